The Labute approximate surface area is 88.7 Å². The molecule has 2 rings (SSSR count). The lowest BCUT2D eigenvalue weighted by Gasteiger charge is -2.37. The van der Waals surface area contributed by atoms with Gasteiger partial charge in [-0.2, -0.15) is 5.26 Å². The van der Waals surface area contributed by atoms with E-state index >= 15 is 0 Å². The minimum atomic E-state index is -0.457. The van der Waals surface area contributed by atoms with Gasteiger partial charge in [0.05, 0.1) is 12.0 Å². The summed E-state index contributed by atoms with van der Waals surface area (Å²) in [6.07, 6.45) is 2.58. The number of carbonyl (C=O) groups is 1. The predicted molar refractivity (Wildman–Crippen MR) is 53.5 cm³/mol. The highest BCUT2D eigenvalue weighted by Gasteiger charge is 2.47. The summed E-state index contributed by atoms with van der Waals surface area (Å²) >= 11 is 0. The van der Waals surface area contributed by atoms with Crippen molar-refractivity contribution in [3.8, 4) is 6.07 Å². The van der Waals surface area contributed by atoms with Crippen molar-refractivity contribution in [3.05, 3.63) is 12.2 Å². The summed E-state index contributed by atoms with van der Waals surface area (Å²) in [5.41, 5.74) is 5.96. The Hall–Kier alpha value is -1.34. The van der Waals surface area contributed by atoms with Gasteiger partial charge in [0.1, 0.15) is 5.60 Å². The van der Waals surface area contributed by atoms with Gasteiger partial charge in [0.15, 0.2) is 0 Å². The average Bonchev–Trinajstić information content (AvgIpc) is 2.42. The van der Waals surface area contributed by atoms with Gasteiger partial charge < -0.3 is 10.5 Å². The number of nitriles is 1. The quantitative estimate of drug-likeness (QED) is 0.471. The van der Waals surface area contributed by atoms with Gasteiger partial charge in [-0.3, -0.25) is 0 Å². The van der Waals surface area contributed by atoms with Gasteiger partial charge in [-0.25, -0.2) is 4.79 Å². The first-order valence-electron chi connectivity index (χ1n) is 5.13. The van der Waals surface area contributed by atoms with Crippen LogP contribution in [0.3, 0.4) is 0 Å². The lowest BCUT2D eigenvalue weighted by molar-refractivity contribution is -0.149. The molecule has 1 spiro atoms. The van der Waals surface area contributed by atoms with Crippen LogP contribution in [-0.2, 0) is 9.53 Å². The molecule has 1 aliphatic carbocycles. The zero-order valence-corrected chi connectivity index (χ0v) is 8.53. The van der Waals surface area contributed by atoms with Crippen LogP contribution in [0.2, 0.25) is 0 Å². The molecule has 0 aromatic heterocycles. The number of esters is 1. The molecular formula is C11H14N2O2. The van der Waals surface area contributed by atoms with Crippen LogP contribution < -0.4 is 5.73 Å². The lowest BCUT2D eigenvalue weighted by Crippen LogP contribution is -2.45. The Morgan fingerprint density at radius 1 is 1.67 bits per heavy atom. The molecular weight excluding hydrogens is 192 g/mol. The van der Waals surface area contributed by atoms with Crippen molar-refractivity contribution in [1.29, 1.82) is 5.26 Å². The standard InChI is InChI=1S/C11H14N2O2/c1-7-4-11(15-10(7)14)3-2-8(6-12)9(13)5-11/h8-9H,1-5,13H2. The van der Waals surface area contributed by atoms with E-state index in [4.69, 9.17) is 15.7 Å². The van der Waals surface area contributed by atoms with Crippen molar-refractivity contribution in [3.63, 3.8) is 0 Å². The molecule has 4 heteroatoms. The molecule has 2 aliphatic rings. The third kappa shape index (κ3) is 1.64. The smallest absolute Gasteiger partial charge is 0.334 e. The normalized spacial score (nSPS) is 40.3. The number of rotatable bonds is 0. The Bertz CT molecular complexity index is 340. The van der Waals surface area contributed by atoms with Crippen LogP contribution in [0.5, 0.6) is 0 Å². The molecule has 4 nitrogen and oxygen atoms in total. The zero-order valence-electron chi connectivity index (χ0n) is 8.53. The third-order valence-corrected chi connectivity index (χ3v) is 3.33. The van der Waals surface area contributed by atoms with Gasteiger partial charge in [-0.05, 0) is 12.8 Å². The highest BCUT2D eigenvalue weighted by molar-refractivity contribution is 5.90. The fourth-order valence-electron chi connectivity index (χ4n) is 2.49. The van der Waals surface area contributed by atoms with Gasteiger partial charge in [0.25, 0.3) is 0 Å². The minimum Gasteiger partial charge on any atom is -0.455 e. The molecule has 3 atom stereocenters. The van der Waals surface area contributed by atoms with E-state index in [-0.39, 0.29) is 17.9 Å². The van der Waals surface area contributed by atoms with Crippen molar-refractivity contribution in [2.75, 3.05) is 0 Å². The number of ether oxygens (including phenoxy) is 1. The van der Waals surface area contributed by atoms with Gasteiger partial charge in [-0.15, -0.1) is 0 Å². The van der Waals surface area contributed by atoms with Crippen LogP contribution in [0.25, 0.3) is 0 Å². The SMILES string of the molecule is C=C1CC2(CCC(C#N)C(N)C2)OC1=O. The molecule has 1 aliphatic heterocycles. The largest absolute Gasteiger partial charge is 0.455 e. The summed E-state index contributed by atoms with van der Waals surface area (Å²) < 4.78 is 5.34. The molecule has 0 aromatic carbocycles. The fourth-order valence-corrected chi connectivity index (χ4v) is 2.49. The van der Waals surface area contributed by atoms with Gasteiger partial charge in [-0.1, -0.05) is 6.58 Å². The number of nitrogens with two attached hydrogens (primary N) is 1. The molecule has 80 valence electrons. The molecule has 2 fully saturated rings. The van der Waals surface area contributed by atoms with Crippen molar-refractivity contribution in [2.45, 2.75) is 37.3 Å². The van der Waals surface area contributed by atoms with Crippen LogP contribution in [0.15, 0.2) is 12.2 Å². The second-order valence-electron chi connectivity index (χ2n) is 4.50. The van der Waals surface area contributed by atoms with Crippen LogP contribution in [0, 0.1) is 17.2 Å². The summed E-state index contributed by atoms with van der Waals surface area (Å²) in [6.45, 7) is 3.67. The molecule has 1 saturated heterocycles. The molecule has 15 heavy (non-hydrogen) atoms. The maximum absolute atomic E-state index is 11.3. The Morgan fingerprint density at radius 2 is 2.40 bits per heavy atom. The first-order valence-corrected chi connectivity index (χ1v) is 5.13. The van der Waals surface area contributed by atoms with Crippen LogP contribution >= 0.6 is 0 Å². The third-order valence-electron chi connectivity index (χ3n) is 3.33. The monoisotopic (exact) mass is 206 g/mol. The first-order chi connectivity index (χ1) is 7.06. The summed E-state index contributed by atoms with van der Waals surface area (Å²) in [4.78, 5) is 11.3. The van der Waals surface area contributed by atoms with E-state index in [2.05, 4.69) is 12.6 Å². The number of hydrogen-bond donors (Lipinski definition) is 1. The number of hydrogen-bond acceptors (Lipinski definition) is 4. The fraction of sp³-hybridized carbons (Fsp3) is 0.636. The van der Waals surface area contributed by atoms with E-state index in [0.29, 0.717) is 24.8 Å². The number of carbonyl (C=O) groups excluding carboxylic acids is 1. The summed E-state index contributed by atoms with van der Waals surface area (Å²) in [5.74, 6) is -0.416. The maximum Gasteiger partial charge on any atom is 0.334 e. The van der Waals surface area contributed by atoms with E-state index in [1.807, 2.05) is 0 Å². The van der Waals surface area contributed by atoms with E-state index in [1.165, 1.54) is 0 Å². The molecule has 0 bridgehead atoms. The maximum atomic E-state index is 11.3. The molecule has 0 radical (unpaired) electrons. The Morgan fingerprint density at radius 3 is 2.87 bits per heavy atom. The average molecular weight is 206 g/mol. The number of nitrogens with zero attached hydrogens (tertiary/aromatic N) is 1. The molecule has 3 unspecified atom stereocenters. The summed E-state index contributed by atoms with van der Waals surface area (Å²) in [6, 6.07) is 2.00. The van der Waals surface area contributed by atoms with Crippen molar-refractivity contribution < 1.29 is 9.53 Å². The second-order valence-corrected chi connectivity index (χ2v) is 4.50. The highest BCUT2D eigenvalue weighted by atomic mass is 16.6. The predicted octanol–water partition coefficient (Wildman–Crippen LogP) is 0.879. The van der Waals surface area contributed by atoms with E-state index < -0.39 is 5.60 Å². The highest BCUT2D eigenvalue weighted by Crippen LogP contribution is 2.42. The van der Waals surface area contributed by atoms with Crippen molar-refractivity contribution in [2.24, 2.45) is 11.7 Å². The van der Waals surface area contributed by atoms with E-state index in [1.54, 1.807) is 0 Å². The van der Waals surface area contributed by atoms with Crippen LogP contribution in [0.1, 0.15) is 25.7 Å². The molecule has 1 saturated carbocycles. The van der Waals surface area contributed by atoms with Gasteiger partial charge in [0, 0.05) is 24.5 Å². The van der Waals surface area contributed by atoms with E-state index in [9.17, 15) is 4.79 Å². The minimum absolute atomic E-state index is 0.108. The van der Waals surface area contributed by atoms with Crippen molar-refractivity contribution >= 4 is 5.97 Å². The van der Waals surface area contributed by atoms with Gasteiger partial charge in [0.2, 0.25) is 0 Å². The van der Waals surface area contributed by atoms with Crippen LogP contribution in [-0.4, -0.2) is 17.6 Å². The molecule has 0 amide bonds. The topological polar surface area (TPSA) is 76.1 Å². The second kappa shape index (κ2) is 3.35. The van der Waals surface area contributed by atoms with Crippen LogP contribution in [0.4, 0.5) is 0 Å². The van der Waals surface area contributed by atoms with E-state index in [0.717, 1.165) is 6.42 Å². The molecule has 2 N–H and O–H groups in total. The zero-order chi connectivity index (χ0) is 11.1. The molecule has 1 heterocycles. The van der Waals surface area contributed by atoms with Crippen molar-refractivity contribution in [1.82, 2.24) is 0 Å². The molecule has 0 aromatic rings. The van der Waals surface area contributed by atoms with Gasteiger partial charge >= 0.3 is 5.97 Å². The summed E-state index contributed by atoms with van der Waals surface area (Å²) in [5, 5.41) is 8.84. The Balaban J connectivity index is 2.12. The lowest BCUT2D eigenvalue weighted by atomic mass is 9.75. The Kier molecular flexibility index (Phi) is 2.28. The first kappa shape index (κ1) is 10.2. The summed E-state index contributed by atoms with van der Waals surface area (Å²) in [7, 11) is 0.